The maximum absolute atomic E-state index is 12.3. The number of sulfone groups is 1. The molecule has 3 N–H and O–H groups in total. The molecule has 0 bridgehead atoms. The standard InChI is InChI=1S/C29H51NO5S/c1-6-20-24-17-19(31)11-13-29(24,4)23-12-14-28(3)21(8-9-22(28)26(23)27(20)33)18(2)7-10-25(32)30-15-16-36(5,34)35/h18-24,26-27,31,33H,6-17H2,1-5H3,(H,30,32)/t18-,19-,20-,21-,22?,23?,24?,26?,27+,28-,29-/m1/s1. The van der Waals surface area contributed by atoms with Gasteiger partial charge in [-0.1, -0.05) is 34.1 Å². The number of aliphatic hydroxyl groups excluding tert-OH is 2. The van der Waals surface area contributed by atoms with E-state index >= 15 is 0 Å². The molecular formula is C29H51NO5S. The zero-order chi connectivity index (χ0) is 26.5. The van der Waals surface area contributed by atoms with E-state index in [4.69, 9.17) is 0 Å². The zero-order valence-electron chi connectivity index (χ0n) is 23.2. The molecule has 208 valence electrons. The summed E-state index contributed by atoms with van der Waals surface area (Å²) in [5, 5.41) is 25.1. The van der Waals surface area contributed by atoms with Crippen LogP contribution in [0.3, 0.4) is 0 Å². The largest absolute Gasteiger partial charge is 0.393 e. The third-order valence-corrected chi connectivity index (χ3v) is 12.7. The van der Waals surface area contributed by atoms with Gasteiger partial charge in [-0.05, 0) is 104 Å². The van der Waals surface area contributed by atoms with Crippen molar-refractivity contribution in [2.45, 2.75) is 104 Å². The molecule has 0 heterocycles. The highest BCUT2D eigenvalue weighted by atomic mass is 32.2. The van der Waals surface area contributed by atoms with Gasteiger partial charge in [0, 0.05) is 19.2 Å². The highest BCUT2D eigenvalue weighted by Gasteiger charge is 2.64. The van der Waals surface area contributed by atoms with Gasteiger partial charge < -0.3 is 15.5 Å². The Labute approximate surface area is 219 Å². The van der Waals surface area contributed by atoms with E-state index in [1.54, 1.807) is 0 Å². The van der Waals surface area contributed by atoms with E-state index in [1.807, 2.05) is 0 Å². The Morgan fingerprint density at radius 2 is 1.69 bits per heavy atom. The van der Waals surface area contributed by atoms with Crippen molar-refractivity contribution in [1.82, 2.24) is 5.32 Å². The molecule has 0 radical (unpaired) electrons. The minimum Gasteiger partial charge on any atom is -0.393 e. The Morgan fingerprint density at radius 1 is 1.03 bits per heavy atom. The first-order valence-electron chi connectivity index (χ1n) is 14.6. The first-order chi connectivity index (χ1) is 16.8. The van der Waals surface area contributed by atoms with Crippen molar-refractivity contribution in [3.05, 3.63) is 0 Å². The second-order valence-electron chi connectivity index (χ2n) is 13.6. The lowest BCUT2D eigenvalue weighted by molar-refractivity contribution is -0.203. The van der Waals surface area contributed by atoms with E-state index < -0.39 is 9.84 Å². The molecule has 0 spiro atoms. The van der Waals surface area contributed by atoms with Gasteiger partial charge in [-0.15, -0.1) is 0 Å². The van der Waals surface area contributed by atoms with E-state index in [2.05, 4.69) is 33.0 Å². The molecule has 4 rings (SSSR count). The Bertz CT molecular complexity index is 907. The van der Waals surface area contributed by atoms with Gasteiger partial charge in [-0.25, -0.2) is 8.42 Å². The fraction of sp³-hybridized carbons (Fsp3) is 0.966. The number of carbonyl (C=O) groups excluding carboxylic acids is 1. The summed E-state index contributed by atoms with van der Waals surface area (Å²) in [6.45, 7) is 9.65. The lowest BCUT2D eigenvalue weighted by atomic mass is 9.41. The smallest absolute Gasteiger partial charge is 0.220 e. The lowest BCUT2D eigenvalue weighted by Crippen LogP contribution is -2.62. The molecule has 0 aromatic heterocycles. The van der Waals surface area contributed by atoms with Crippen LogP contribution in [0.4, 0.5) is 0 Å². The van der Waals surface area contributed by atoms with E-state index in [0.717, 1.165) is 32.1 Å². The number of rotatable bonds is 8. The van der Waals surface area contributed by atoms with Crippen molar-refractivity contribution in [2.75, 3.05) is 18.6 Å². The topological polar surface area (TPSA) is 104 Å². The summed E-state index contributed by atoms with van der Waals surface area (Å²) in [5.74, 6) is 3.03. The summed E-state index contributed by atoms with van der Waals surface area (Å²) >= 11 is 0. The second-order valence-corrected chi connectivity index (χ2v) is 15.9. The van der Waals surface area contributed by atoms with Crippen molar-refractivity contribution in [1.29, 1.82) is 0 Å². The highest BCUT2D eigenvalue weighted by molar-refractivity contribution is 7.90. The summed E-state index contributed by atoms with van der Waals surface area (Å²) in [4.78, 5) is 12.3. The Balaban J connectivity index is 1.44. The molecule has 11 atom stereocenters. The highest BCUT2D eigenvalue weighted by Crippen LogP contribution is 2.69. The number of amides is 1. The van der Waals surface area contributed by atoms with Crippen LogP contribution in [0.1, 0.15) is 91.9 Å². The first kappa shape index (κ1) is 28.4. The van der Waals surface area contributed by atoms with Crippen LogP contribution in [0.25, 0.3) is 0 Å². The number of fused-ring (bicyclic) bond motifs is 5. The monoisotopic (exact) mass is 525 g/mol. The van der Waals surface area contributed by atoms with E-state index in [0.29, 0.717) is 41.9 Å². The number of carbonyl (C=O) groups is 1. The normalized spacial score (nSPS) is 45.3. The summed E-state index contributed by atoms with van der Waals surface area (Å²) < 4.78 is 22.6. The molecule has 0 aromatic rings. The molecular weight excluding hydrogens is 474 g/mol. The van der Waals surface area contributed by atoms with Gasteiger partial charge in [-0.2, -0.15) is 0 Å². The molecule has 4 fully saturated rings. The number of hydrogen-bond acceptors (Lipinski definition) is 5. The summed E-state index contributed by atoms with van der Waals surface area (Å²) in [6.07, 6.45) is 10.5. The summed E-state index contributed by atoms with van der Waals surface area (Å²) in [6, 6.07) is 0. The Kier molecular flexibility index (Phi) is 8.26. The predicted molar refractivity (Wildman–Crippen MR) is 143 cm³/mol. The summed E-state index contributed by atoms with van der Waals surface area (Å²) in [7, 11) is -3.07. The predicted octanol–water partition coefficient (Wildman–Crippen LogP) is 4.19. The second kappa shape index (κ2) is 10.5. The van der Waals surface area contributed by atoms with Crippen molar-refractivity contribution >= 4 is 15.7 Å². The maximum atomic E-state index is 12.3. The maximum Gasteiger partial charge on any atom is 0.220 e. The minimum absolute atomic E-state index is 0.0148. The van der Waals surface area contributed by atoms with Gasteiger partial charge in [0.15, 0.2) is 0 Å². The van der Waals surface area contributed by atoms with Crippen molar-refractivity contribution in [2.24, 2.45) is 52.3 Å². The van der Waals surface area contributed by atoms with Crippen molar-refractivity contribution in [3.8, 4) is 0 Å². The van der Waals surface area contributed by atoms with Crippen LogP contribution in [0.15, 0.2) is 0 Å². The molecule has 7 heteroatoms. The minimum atomic E-state index is -3.07. The average Bonchev–Trinajstić information content (AvgIpc) is 3.15. The van der Waals surface area contributed by atoms with Gasteiger partial charge in [0.2, 0.25) is 5.91 Å². The van der Waals surface area contributed by atoms with Crippen molar-refractivity contribution in [3.63, 3.8) is 0 Å². The third-order valence-electron chi connectivity index (χ3n) is 11.8. The number of nitrogens with one attached hydrogen (secondary N) is 1. The third kappa shape index (κ3) is 5.14. The fourth-order valence-electron chi connectivity index (χ4n) is 9.96. The molecule has 6 nitrogen and oxygen atoms in total. The van der Waals surface area contributed by atoms with Gasteiger partial charge in [0.1, 0.15) is 9.84 Å². The van der Waals surface area contributed by atoms with Gasteiger partial charge in [0.05, 0.1) is 18.0 Å². The molecule has 0 saturated heterocycles. The van der Waals surface area contributed by atoms with Crippen molar-refractivity contribution < 1.29 is 23.4 Å². The molecule has 4 saturated carbocycles. The Morgan fingerprint density at radius 3 is 2.36 bits per heavy atom. The van der Waals surface area contributed by atoms with E-state index in [9.17, 15) is 23.4 Å². The molecule has 4 aliphatic rings. The molecule has 0 aliphatic heterocycles. The number of hydrogen-bond donors (Lipinski definition) is 3. The van der Waals surface area contributed by atoms with Crippen LogP contribution in [-0.2, 0) is 14.6 Å². The zero-order valence-corrected chi connectivity index (χ0v) is 24.0. The van der Waals surface area contributed by atoms with Crippen LogP contribution in [0.2, 0.25) is 0 Å². The average molecular weight is 526 g/mol. The van der Waals surface area contributed by atoms with Crippen LogP contribution in [0.5, 0.6) is 0 Å². The summed E-state index contributed by atoms with van der Waals surface area (Å²) in [5.41, 5.74) is 0.420. The SMILES string of the molecule is CC[C@@H]1C2C[C@H](O)CC[C@]2(C)C2CC[C@@]3(C)C(CC[C@@H]3[C@H](C)CCC(=O)NCCS(C)(=O)=O)C2[C@H]1O. The first-order valence-corrected chi connectivity index (χ1v) is 16.7. The number of aliphatic hydroxyl groups is 2. The van der Waals surface area contributed by atoms with Crippen LogP contribution in [0, 0.1) is 52.3 Å². The fourth-order valence-corrected chi connectivity index (χ4v) is 10.4. The Hall–Kier alpha value is -0.660. The van der Waals surface area contributed by atoms with Gasteiger partial charge in [0.25, 0.3) is 0 Å². The molecule has 36 heavy (non-hydrogen) atoms. The lowest BCUT2D eigenvalue weighted by Gasteiger charge is -2.64. The van der Waals surface area contributed by atoms with Crippen LogP contribution < -0.4 is 5.32 Å². The molecule has 4 unspecified atom stereocenters. The van der Waals surface area contributed by atoms with Gasteiger partial charge in [-0.3, -0.25) is 4.79 Å². The molecule has 0 aromatic carbocycles. The molecule has 4 aliphatic carbocycles. The van der Waals surface area contributed by atoms with Crippen LogP contribution in [-0.4, -0.2) is 55.3 Å². The van der Waals surface area contributed by atoms with Crippen LogP contribution >= 0.6 is 0 Å². The quantitative estimate of drug-likeness (QED) is 0.441. The molecule has 1 amide bonds. The van der Waals surface area contributed by atoms with Gasteiger partial charge >= 0.3 is 0 Å². The van der Waals surface area contributed by atoms with E-state index in [1.165, 1.54) is 31.9 Å². The van der Waals surface area contributed by atoms with E-state index in [-0.39, 0.29) is 47.2 Å².